The predicted octanol–water partition coefficient (Wildman–Crippen LogP) is 3.29. The normalized spacial score (nSPS) is 16.5. The molecular weight excluding hydrogens is 380 g/mol. The van der Waals surface area contributed by atoms with Crippen molar-refractivity contribution in [3.05, 3.63) is 59.1 Å². The van der Waals surface area contributed by atoms with Crippen molar-refractivity contribution < 1.29 is 19.1 Å². The Kier molecular flexibility index (Phi) is 6.21. The summed E-state index contributed by atoms with van der Waals surface area (Å²) >= 11 is 5.89. The van der Waals surface area contributed by atoms with Gasteiger partial charge in [0.05, 0.1) is 20.3 Å². The van der Waals surface area contributed by atoms with E-state index < -0.39 is 0 Å². The number of benzene rings is 2. The fraction of sp³-hybridized carbons (Fsp3) is 0.238. The number of ether oxygens (including phenoxy) is 2. The average molecular weight is 401 g/mol. The van der Waals surface area contributed by atoms with Gasteiger partial charge >= 0.3 is 0 Å². The second-order valence-electron chi connectivity index (χ2n) is 6.34. The van der Waals surface area contributed by atoms with Crippen LogP contribution in [0.5, 0.6) is 11.5 Å². The molecule has 1 heterocycles. The molecule has 2 aromatic rings. The molecule has 1 N–H and O–H groups in total. The van der Waals surface area contributed by atoms with Crippen LogP contribution in [0.25, 0.3) is 6.08 Å². The lowest BCUT2D eigenvalue weighted by Gasteiger charge is -2.17. The van der Waals surface area contributed by atoms with Crippen LogP contribution in [0, 0.1) is 0 Å². The Morgan fingerprint density at radius 2 is 1.86 bits per heavy atom. The van der Waals surface area contributed by atoms with E-state index in [2.05, 4.69) is 5.32 Å². The lowest BCUT2D eigenvalue weighted by molar-refractivity contribution is -0.117. The zero-order chi connectivity index (χ0) is 20.1. The van der Waals surface area contributed by atoms with Crippen molar-refractivity contribution in [1.82, 2.24) is 5.32 Å². The Morgan fingerprint density at radius 1 is 1.14 bits per heavy atom. The Hall–Kier alpha value is -2.99. The summed E-state index contributed by atoms with van der Waals surface area (Å²) in [7, 11) is 3.12. The lowest BCUT2D eigenvalue weighted by atomic mass is 10.2. The van der Waals surface area contributed by atoms with Gasteiger partial charge in [0.15, 0.2) is 11.5 Å². The van der Waals surface area contributed by atoms with E-state index in [1.165, 1.54) is 6.08 Å². The molecule has 2 aromatic carbocycles. The number of hydrogen-bond acceptors (Lipinski definition) is 4. The predicted molar refractivity (Wildman–Crippen MR) is 109 cm³/mol. The topological polar surface area (TPSA) is 67.9 Å². The first-order chi connectivity index (χ1) is 13.5. The number of rotatable bonds is 6. The van der Waals surface area contributed by atoms with E-state index in [4.69, 9.17) is 21.1 Å². The summed E-state index contributed by atoms with van der Waals surface area (Å²) in [6.45, 7) is 0.427. The highest BCUT2D eigenvalue weighted by Gasteiger charge is 2.31. The SMILES string of the molecule is COc1ccc(/C=C\C(=O)N[C@H]2CC(=O)N(c3ccc(Cl)cc3)C2)cc1OC. The van der Waals surface area contributed by atoms with E-state index in [1.807, 2.05) is 6.07 Å². The molecule has 7 heteroatoms. The third-order valence-electron chi connectivity index (χ3n) is 4.44. The third kappa shape index (κ3) is 4.64. The highest BCUT2D eigenvalue weighted by atomic mass is 35.5. The van der Waals surface area contributed by atoms with Crippen molar-refractivity contribution in [2.24, 2.45) is 0 Å². The van der Waals surface area contributed by atoms with Crippen LogP contribution in [0.15, 0.2) is 48.5 Å². The highest BCUT2D eigenvalue weighted by molar-refractivity contribution is 6.30. The number of carbonyl (C=O) groups is 2. The smallest absolute Gasteiger partial charge is 0.244 e. The largest absolute Gasteiger partial charge is 0.493 e. The molecule has 1 fully saturated rings. The molecule has 0 aliphatic carbocycles. The zero-order valence-electron chi connectivity index (χ0n) is 15.6. The van der Waals surface area contributed by atoms with Crippen LogP contribution < -0.4 is 19.7 Å². The molecular formula is C21H21ClN2O4. The molecule has 1 saturated heterocycles. The second-order valence-corrected chi connectivity index (χ2v) is 6.77. The Bertz CT molecular complexity index is 896. The van der Waals surface area contributed by atoms with E-state index >= 15 is 0 Å². The van der Waals surface area contributed by atoms with Crippen LogP contribution in [0.2, 0.25) is 5.02 Å². The molecule has 0 unspecified atom stereocenters. The molecule has 0 radical (unpaired) electrons. The number of methoxy groups -OCH3 is 2. The minimum atomic E-state index is -0.259. The fourth-order valence-corrected chi connectivity index (χ4v) is 3.18. The quantitative estimate of drug-likeness (QED) is 0.755. The van der Waals surface area contributed by atoms with Crippen LogP contribution in [0.4, 0.5) is 5.69 Å². The molecule has 1 aliphatic rings. The van der Waals surface area contributed by atoms with Gasteiger partial charge in [-0.05, 0) is 48.0 Å². The number of carbonyl (C=O) groups excluding carboxylic acids is 2. The Labute approximate surface area is 168 Å². The maximum absolute atomic E-state index is 12.3. The molecule has 6 nitrogen and oxygen atoms in total. The van der Waals surface area contributed by atoms with Gasteiger partial charge in [-0.1, -0.05) is 17.7 Å². The van der Waals surface area contributed by atoms with E-state index in [0.29, 0.717) is 23.1 Å². The number of halogens is 1. The zero-order valence-corrected chi connectivity index (χ0v) is 16.4. The summed E-state index contributed by atoms with van der Waals surface area (Å²) in [4.78, 5) is 26.2. The van der Waals surface area contributed by atoms with Gasteiger partial charge in [-0.3, -0.25) is 9.59 Å². The summed E-state index contributed by atoms with van der Waals surface area (Å²) in [5.74, 6) is 0.919. The van der Waals surface area contributed by atoms with Gasteiger partial charge < -0.3 is 19.7 Å². The monoisotopic (exact) mass is 400 g/mol. The number of hydrogen-bond donors (Lipinski definition) is 1. The number of nitrogens with zero attached hydrogens (tertiary/aromatic N) is 1. The van der Waals surface area contributed by atoms with Crippen molar-refractivity contribution in [3.63, 3.8) is 0 Å². The number of anilines is 1. The van der Waals surface area contributed by atoms with Crippen LogP contribution in [0.3, 0.4) is 0 Å². The fourth-order valence-electron chi connectivity index (χ4n) is 3.05. The molecule has 146 valence electrons. The summed E-state index contributed by atoms with van der Waals surface area (Å²) in [5, 5.41) is 3.48. The summed E-state index contributed by atoms with van der Waals surface area (Å²) in [6.07, 6.45) is 3.39. The molecule has 0 aromatic heterocycles. The van der Waals surface area contributed by atoms with Gasteiger partial charge in [-0.25, -0.2) is 0 Å². The lowest BCUT2D eigenvalue weighted by Crippen LogP contribution is -2.36. The van der Waals surface area contributed by atoms with Crippen molar-refractivity contribution in [2.75, 3.05) is 25.7 Å². The van der Waals surface area contributed by atoms with Gasteiger partial charge in [0, 0.05) is 29.8 Å². The van der Waals surface area contributed by atoms with Crippen LogP contribution in [0.1, 0.15) is 12.0 Å². The van der Waals surface area contributed by atoms with Crippen molar-refractivity contribution >= 4 is 35.2 Å². The summed E-state index contributed by atoms with van der Waals surface area (Å²) in [6, 6.07) is 12.2. The third-order valence-corrected chi connectivity index (χ3v) is 4.70. The Morgan fingerprint density at radius 3 is 2.54 bits per heavy atom. The van der Waals surface area contributed by atoms with E-state index in [9.17, 15) is 9.59 Å². The first-order valence-electron chi connectivity index (χ1n) is 8.76. The highest BCUT2D eigenvalue weighted by Crippen LogP contribution is 2.28. The molecule has 1 atom stereocenters. The van der Waals surface area contributed by atoms with E-state index in [1.54, 1.807) is 61.6 Å². The maximum atomic E-state index is 12.3. The van der Waals surface area contributed by atoms with E-state index in [0.717, 1.165) is 11.3 Å². The summed E-state index contributed by atoms with van der Waals surface area (Å²) < 4.78 is 10.4. The van der Waals surface area contributed by atoms with Gasteiger partial charge in [-0.15, -0.1) is 0 Å². The molecule has 1 aliphatic heterocycles. The number of nitrogens with one attached hydrogen (secondary N) is 1. The van der Waals surface area contributed by atoms with E-state index in [-0.39, 0.29) is 24.3 Å². The molecule has 0 bridgehead atoms. The first-order valence-corrected chi connectivity index (χ1v) is 9.14. The number of amides is 2. The molecule has 0 spiro atoms. The van der Waals surface area contributed by atoms with Gasteiger partial charge in [0.2, 0.25) is 11.8 Å². The van der Waals surface area contributed by atoms with Crippen LogP contribution in [-0.2, 0) is 9.59 Å². The van der Waals surface area contributed by atoms with Crippen LogP contribution in [-0.4, -0.2) is 38.6 Å². The minimum Gasteiger partial charge on any atom is -0.493 e. The maximum Gasteiger partial charge on any atom is 0.244 e. The van der Waals surface area contributed by atoms with Crippen LogP contribution >= 0.6 is 11.6 Å². The average Bonchev–Trinajstić information content (AvgIpc) is 3.06. The molecule has 28 heavy (non-hydrogen) atoms. The first kappa shape index (κ1) is 19.8. The van der Waals surface area contributed by atoms with Crippen molar-refractivity contribution in [2.45, 2.75) is 12.5 Å². The minimum absolute atomic E-state index is 0.0310. The molecule has 0 saturated carbocycles. The van der Waals surface area contributed by atoms with Crippen molar-refractivity contribution in [3.8, 4) is 11.5 Å². The van der Waals surface area contributed by atoms with Crippen molar-refractivity contribution in [1.29, 1.82) is 0 Å². The van der Waals surface area contributed by atoms with Gasteiger partial charge in [-0.2, -0.15) is 0 Å². The molecule has 3 rings (SSSR count). The second kappa shape index (κ2) is 8.80. The molecule has 2 amide bonds. The summed E-state index contributed by atoms with van der Waals surface area (Å²) in [5.41, 5.74) is 1.57. The standard InChI is InChI=1S/C21H21ClN2O4/c1-27-18-9-3-14(11-19(18)28-2)4-10-20(25)23-16-12-21(26)24(13-16)17-7-5-15(22)6-8-17/h3-11,16H,12-13H2,1-2H3,(H,23,25)/b10-4-/t16-/m0/s1. The van der Waals surface area contributed by atoms with Gasteiger partial charge in [0.1, 0.15) is 0 Å². The van der Waals surface area contributed by atoms with Gasteiger partial charge in [0.25, 0.3) is 0 Å². The Balaban J connectivity index is 1.60.